The van der Waals surface area contributed by atoms with E-state index in [9.17, 15) is 14.0 Å². The number of hydrogen-bond donors (Lipinski definition) is 2. The molecule has 1 atom stereocenters. The predicted molar refractivity (Wildman–Crippen MR) is 89.4 cm³/mol. The fourth-order valence-electron chi connectivity index (χ4n) is 2.39. The Hall–Kier alpha value is -3.13. The van der Waals surface area contributed by atoms with Crippen molar-refractivity contribution in [3.63, 3.8) is 0 Å². The molecule has 7 nitrogen and oxygen atoms in total. The molecule has 8 heteroatoms. The van der Waals surface area contributed by atoms with Crippen molar-refractivity contribution in [2.45, 2.75) is 19.5 Å². The number of nitrogens with two attached hydrogens (primary N) is 1. The maximum absolute atomic E-state index is 13.3. The second-order valence-electron chi connectivity index (χ2n) is 5.69. The zero-order valence-electron chi connectivity index (χ0n) is 14.0. The number of nitrogens with one attached hydrogen (secondary N) is 1. The number of hydrogen-bond acceptors (Lipinski definition) is 6. The molecular formula is C18H17FN2O5. The number of rotatable bonds is 6. The minimum absolute atomic E-state index is 0.0256. The fraction of sp³-hybridized carbons (Fsp3) is 0.222. The van der Waals surface area contributed by atoms with Crippen LogP contribution in [-0.4, -0.2) is 24.7 Å². The SMILES string of the molecule is CC(NCc1ccc(OC(=O)c2cccc(F)c2)c2c1OCO2)C(N)=O. The number of halogens is 1. The number of amides is 1. The second-order valence-corrected chi connectivity index (χ2v) is 5.69. The van der Waals surface area contributed by atoms with Crippen molar-refractivity contribution >= 4 is 11.9 Å². The molecule has 2 aromatic rings. The summed E-state index contributed by atoms with van der Waals surface area (Å²) in [7, 11) is 0. The summed E-state index contributed by atoms with van der Waals surface area (Å²) in [5.41, 5.74) is 6.02. The topological polar surface area (TPSA) is 99.9 Å². The largest absolute Gasteiger partial charge is 0.453 e. The third kappa shape index (κ3) is 3.75. The Morgan fingerprint density at radius 3 is 2.77 bits per heavy atom. The van der Waals surface area contributed by atoms with Crippen LogP contribution in [0.25, 0.3) is 0 Å². The van der Waals surface area contributed by atoms with Crippen LogP contribution in [0.3, 0.4) is 0 Å². The third-order valence-corrected chi connectivity index (χ3v) is 3.85. The van der Waals surface area contributed by atoms with Gasteiger partial charge in [-0.15, -0.1) is 0 Å². The van der Waals surface area contributed by atoms with Gasteiger partial charge in [0.1, 0.15) is 5.82 Å². The van der Waals surface area contributed by atoms with Crippen LogP contribution in [-0.2, 0) is 11.3 Å². The van der Waals surface area contributed by atoms with Gasteiger partial charge in [-0.05, 0) is 31.2 Å². The van der Waals surface area contributed by atoms with Gasteiger partial charge < -0.3 is 25.3 Å². The van der Waals surface area contributed by atoms with E-state index in [-0.39, 0.29) is 23.9 Å². The summed E-state index contributed by atoms with van der Waals surface area (Å²) in [6.07, 6.45) is 0. The van der Waals surface area contributed by atoms with E-state index in [0.717, 1.165) is 11.6 Å². The summed E-state index contributed by atoms with van der Waals surface area (Å²) < 4.78 is 29.4. The van der Waals surface area contributed by atoms with E-state index in [1.54, 1.807) is 19.1 Å². The number of primary amides is 1. The highest BCUT2D eigenvalue weighted by atomic mass is 19.1. The van der Waals surface area contributed by atoms with Gasteiger partial charge in [0.25, 0.3) is 0 Å². The molecular weight excluding hydrogens is 343 g/mol. The van der Waals surface area contributed by atoms with Crippen molar-refractivity contribution in [3.05, 3.63) is 53.3 Å². The van der Waals surface area contributed by atoms with Gasteiger partial charge in [0.15, 0.2) is 11.5 Å². The number of ether oxygens (including phenoxy) is 3. The second kappa shape index (κ2) is 7.40. The first-order valence-electron chi connectivity index (χ1n) is 7.87. The van der Waals surface area contributed by atoms with Gasteiger partial charge in [0, 0.05) is 12.1 Å². The Morgan fingerprint density at radius 2 is 2.04 bits per heavy atom. The molecule has 0 saturated carbocycles. The van der Waals surface area contributed by atoms with Gasteiger partial charge in [-0.3, -0.25) is 4.79 Å². The summed E-state index contributed by atoms with van der Waals surface area (Å²) >= 11 is 0. The summed E-state index contributed by atoms with van der Waals surface area (Å²) in [6.45, 7) is 1.94. The standard InChI is InChI=1S/C18H17FN2O5/c1-10(17(20)22)21-8-12-5-6-14(16-15(12)24-9-25-16)26-18(23)11-3-2-4-13(19)7-11/h2-7,10,21H,8-9H2,1H3,(H2,20,22). The molecule has 3 rings (SSSR count). The lowest BCUT2D eigenvalue weighted by Crippen LogP contribution is -2.38. The van der Waals surface area contributed by atoms with E-state index in [0.29, 0.717) is 12.3 Å². The number of fused-ring (bicyclic) bond motifs is 1. The van der Waals surface area contributed by atoms with Gasteiger partial charge in [-0.25, -0.2) is 9.18 Å². The molecule has 136 valence electrons. The van der Waals surface area contributed by atoms with Crippen molar-refractivity contribution < 1.29 is 28.2 Å². The first-order valence-corrected chi connectivity index (χ1v) is 7.87. The number of carbonyl (C=O) groups excluding carboxylic acids is 2. The van der Waals surface area contributed by atoms with Crippen molar-refractivity contribution in [2.24, 2.45) is 5.73 Å². The van der Waals surface area contributed by atoms with E-state index in [4.69, 9.17) is 19.9 Å². The highest BCUT2D eigenvalue weighted by molar-refractivity contribution is 5.91. The Kier molecular flexibility index (Phi) is 5.04. The van der Waals surface area contributed by atoms with Gasteiger partial charge in [-0.2, -0.15) is 0 Å². The monoisotopic (exact) mass is 360 g/mol. The Bertz CT molecular complexity index is 855. The van der Waals surface area contributed by atoms with E-state index < -0.39 is 23.7 Å². The highest BCUT2D eigenvalue weighted by Gasteiger charge is 2.25. The molecule has 0 fully saturated rings. The lowest BCUT2D eigenvalue weighted by Gasteiger charge is -2.13. The molecule has 0 aliphatic carbocycles. The highest BCUT2D eigenvalue weighted by Crippen LogP contribution is 2.43. The Morgan fingerprint density at radius 1 is 1.27 bits per heavy atom. The molecule has 0 bridgehead atoms. The van der Waals surface area contributed by atoms with Crippen LogP contribution in [0.2, 0.25) is 0 Å². The molecule has 26 heavy (non-hydrogen) atoms. The predicted octanol–water partition coefficient (Wildman–Crippen LogP) is 1.74. The molecule has 0 saturated heterocycles. The minimum atomic E-state index is -0.713. The van der Waals surface area contributed by atoms with Crippen LogP contribution in [0.4, 0.5) is 4.39 Å². The van der Waals surface area contributed by atoms with Gasteiger partial charge in [0.05, 0.1) is 11.6 Å². The first-order chi connectivity index (χ1) is 12.5. The molecule has 2 aromatic carbocycles. The van der Waals surface area contributed by atoms with Crippen LogP contribution in [0, 0.1) is 5.82 Å². The average molecular weight is 360 g/mol. The van der Waals surface area contributed by atoms with Gasteiger partial charge >= 0.3 is 5.97 Å². The molecule has 0 spiro atoms. The normalized spacial score (nSPS) is 13.3. The molecule has 1 aliphatic heterocycles. The minimum Gasteiger partial charge on any atom is -0.453 e. The molecule has 1 aliphatic rings. The van der Waals surface area contributed by atoms with E-state index >= 15 is 0 Å². The Labute approximate surface area is 148 Å². The average Bonchev–Trinajstić information content (AvgIpc) is 3.11. The number of esters is 1. The van der Waals surface area contributed by atoms with Crippen LogP contribution in [0.1, 0.15) is 22.8 Å². The summed E-state index contributed by atoms with van der Waals surface area (Å²) in [5.74, 6) is -0.859. The van der Waals surface area contributed by atoms with Gasteiger partial charge in [0.2, 0.25) is 18.4 Å². The molecule has 1 heterocycles. The quantitative estimate of drug-likeness (QED) is 0.601. The lowest BCUT2D eigenvalue weighted by molar-refractivity contribution is -0.119. The molecule has 1 unspecified atom stereocenters. The molecule has 3 N–H and O–H groups in total. The zero-order valence-corrected chi connectivity index (χ0v) is 14.0. The Balaban J connectivity index is 1.78. The summed E-state index contributed by atoms with van der Waals surface area (Å²) in [6, 6.07) is 7.92. The van der Waals surface area contributed by atoms with Crippen LogP contribution >= 0.6 is 0 Å². The summed E-state index contributed by atoms with van der Waals surface area (Å²) in [5, 5.41) is 2.96. The number of benzene rings is 2. The van der Waals surface area contributed by atoms with Crippen molar-refractivity contribution in [1.29, 1.82) is 0 Å². The third-order valence-electron chi connectivity index (χ3n) is 3.85. The van der Waals surface area contributed by atoms with E-state index in [2.05, 4.69) is 5.32 Å². The lowest BCUT2D eigenvalue weighted by atomic mass is 10.1. The van der Waals surface area contributed by atoms with Crippen molar-refractivity contribution in [2.75, 3.05) is 6.79 Å². The smallest absolute Gasteiger partial charge is 0.343 e. The first kappa shape index (κ1) is 17.7. The molecule has 0 aromatic heterocycles. The number of carbonyl (C=O) groups is 2. The van der Waals surface area contributed by atoms with E-state index in [1.165, 1.54) is 18.2 Å². The van der Waals surface area contributed by atoms with Crippen LogP contribution in [0.15, 0.2) is 36.4 Å². The van der Waals surface area contributed by atoms with Gasteiger partial charge in [-0.1, -0.05) is 12.1 Å². The fourth-order valence-corrected chi connectivity index (χ4v) is 2.39. The van der Waals surface area contributed by atoms with Crippen molar-refractivity contribution in [3.8, 4) is 17.2 Å². The zero-order chi connectivity index (χ0) is 18.7. The van der Waals surface area contributed by atoms with Crippen LogP contribution < -0.4 is 25.3 Å². The molecule has 1 amide bonds. The van der Waals surface area contributed by atoms with Crippen molar-refractivity contribution in [1.82, 2.24) is 5.32 Å². The van der Waals surface area contributed by atoms with Crippen LogP contribution in [0.5, 0.6) is 17.2 Å². The summed E-state index contributed by atoms with van der Waals surface area (Å²) in [4.78, 5) is 23.3. The van der Waals surface area contributed by atoms with E-state index in [1.807, 2.05) is 0 Å². The molecule has 0 radical (unpaired) electrons. The maximum Gasteiger partial charge on any atom is 0.343 e. The maximum atomic E-state index is 13.3.